The van der Waals surface area contributed by atoms with E-state index in [-0.39, 0.29) is 11.9 Å². The zero-order chi connectivity index (χ0) is 12.1. The van der Waals surface area contributed by atoms with Crippen LogP contribution in [0, 0.1) is 11.7 Å². The molecule has 0 radical (unpaired) electrons. The highest BCUT2D eigenvalue weighted by Crippen LogP contribution is 2.22. The van der Waals surface area contributed by atoms with Crippen molar-refractivity contribution in [3.8, 4) is 5.75 Å². The molecule has 1 atom stereocenters. The van der Waals surface area contributed by atoms with Crippen LogP contribution in [0.1, 0.15) is 32.4 Å². The Balaban J connectivity index is 2.75. The summed E-state index contributed by atoms with van der Waals surface area (Å²) in [4.78, 5) is 0. The maximum absolute atomic E-state index is 13.6. The molecule has 0 spiro atoms. The lowest BCUT2D eigenvalue weighted by molar-refractivity contribution is 0.259. The van der Waals surface area contributed by atoms with Crippen molar-refractivity contribution in [1.82, 2.24) is 5.32 Å². The van der Waals surface area contributed by atoms with Crippen LogP contribution < -0.4 is 10.1 Å². The van der Waals surface area contributed by atoms with Crippen molar-refractivity contribution in [2.24, 2.45) is 5.92 Å². The lowest BCUT2D eigenvalue weighted by Gasteiger charge is -2.13. The summed E-state index contributed by atoms with van der Waals surface area (Å²) in [6.45, 7) is 6.60. The molecule has 0 saturated heterocycles. The summed E-state index contributed by atoms with van der Waals surface area (Å²) >= 11 is 0. The Morgan fingerprint density at radius 1 is 1.31 bits per heavy atom. The molecule has 0 aliphatic heterocycles. The van der Waals surface area contributed by atoms with Gasteiger partial charge in [-0.1, -0.05) is 19.9 Å². The van der Waals surface area contributed by atoms with Crippen LogP contribution in [-0.4, -0.2) is 13.7 Å². The van der Waals surface area contributed by atoms with E-state index in [0.29, 0.717) is 18.3 Å². The van der Waals surface area contributed by atoms with E-state index in [2.05, 4.69) is 5.32 Å². The lowest BCUT2D eigenvalue weighted by Crippen LogP contribution is -2.13. The van der Waals surface area contributed by atoms with Gasteiger partial charge in [-0.25, -0.2) is 4.39 Å². The average Bonchev–Trinajstić information content (AvgIpc) is 2.26. The van der Waals surface area contributed by atoms with E-state index in [4.69, 9.17) is 4.74 Å². The van der Waals surface area contributed by atoms with Gasteiger partial charge in [-0.15, -0.1) is 0 Å². The average molecular weight is 225 g/mol. The molecule has 0 amide bonds. The molecule has 16 heavy (non-hydrogen) atoms. The SMILES string of the molecule is CNC(C)c1ccc(OCC(C)C)c(F)c1. The van der Waals surface area contributed by atoms with E-state index in [1.54, 1.807) is 6.07 Å². The molecule has 1 rings (SSSR count). The minimum atomic E-state index is -0.291. The molecule has 3 heteroatoms. The number of nitrogens with one attached hydrogen (secondary N) is 1. The number of ether oxygens (including phenoxy) is 1. The van der Waals surface area contributed by atoms with Crippen molar-refractivity contribution < 1.29 is 9.13 Å². The van der Waals surface area contributed by atoms with E-state index in [0.717, 1.165) is 5.56 Å². The maximum Gasteiger partial charge on any atom is 0.165 e. The van der Waals surface area contributed by atoms with Crippen molar-refractivity contribution >= 4 is 0 Å². The zero-order valence-electron chi connectivity index (χ0n) is 10.4. The van der Waals surface area contributed by atoms with Crippen molar-refractivity contribution in [1.29, 1.82) is 0 Å². The number of benzene rings is 1. The highest BCUT2D eigenvalue weighted by molar-refractivity contribution is 5.30. The Hall–Kier alpha value is -1.09. The fraction of sp³-hybridized carbons (Fsp3) is 0.538. The lowest BCUT2D eigenvalue weighted by atomic mass is 10.1. The quantitative estimate of drug-likeness (QED) is 0.831. The molecule has 0 aromatic heterocycles. The topological polar surface area (TPSA) is 21.3 Å². The Kier molecular flexibility index (Phi) is 4.74. The van der Waals surface area contributed by atoms with Crippen LogP contribution in [0.25, 0.3) is 0 Å². The van der Waals surface area contributed by atoms with Crippen molar-refractivity contribution in [2.75, 3.05) is 13.7 Å². The molecule has 0 aliphatic rings. The molecule has 2 nitrogen and oxygen atoms in total. The van der Waals surface area contributed by atoms with Gasteiger partial charge in [0.25, 0.3) is 0 Å². The number of rotatable bonds is 5. The van der Waals surface area contributed by atoms with E-state index >= 15 is 0 Å². The van der Waals surface area contributed by atoms with Crippen LogP contribution >= 0.6 is 0 Å². The summed E-state index contributed by atoms with van der Waals surface area (Å²) in [6.07, 6.45) is 0. The molecular formula is C13H20FNO. The first-order valence-corrected chi connectivity index (χ1v) is 5.64. The van der Waals surface area contributed by atoms with Crippen LogP contribution in [0.5, 0.6) is 5.75 Å². The van der Waals surface area contributed by atoms with Gasteiger partial charge in [0.15, 0.2) is 11.6 Å². The first kappa shape index (κ1) is 13.0. The molecule has 1 aromatic rings. The van der Waals surface area contributed by atoms with Gasteiger partial charge in [-0.3, -0.25) is 0 Å². The fourth-order valence-electron chi connectivity index (χ4n) is 1.33. The Morgan fingerprint density at radius 2 is 2.00 bits per heavy atom. The second kappa shape index (κ2) is 5.85. The van der Waals surface area contributed by atoms with Crippen molar-refractivity contribution in [3.05, 3.63) is 29.6 Å². The van der Waals surface area contributed by atoms with E-state index in [9.17, 15) is 4.39 Å². The van der Waals surface area contributed by atoms with E-state index in [1.807, 2.05) is 33.9 Å². The molecule has 0 saturated carbocycles. The third-order valence-corrected chi connectivity index (χ3v) is 2.46. The van der Waals surface area contributed by atoms with Gasteiger partial charge in [0.2, 0.25) is 0 Å². The van der Waals surface area contributed by atoms with Gasteiger partial charge < -0.3 is 10.1 Å². The van der Waals surface area contributed by atoms with E-state index < -0.39 is 0 Å². The van der Waals surface area contributed by atoms with Crippen LogP contribution in [-0.2, 0) is 0 Å². The third-order valence-electron chi connectivity index (χ3n) is 2.46. The standard InChI is InChI=1S/C13H20FNO/c1-9(2)8-16-13-6-5-11(7-12(13)14)10(3)15-4/h5-7,9-10,15H,8H2,1-4H3. The number of halogens is 1. The predicted molar refractivity (Wildman–Crippen MR) is 64.2 cm³/mol. The molecule has 0 heterocycles. The zero-order valence-corrected chi connectivity index (χ0v) is 10.4. The van der Waals surface area contributed by atoms with Crippen molar-refractivity contribution in [2.45, 2.75) is 26.8 Å². The van der Waals surface area contributed by atoms with Gasteiger partial charge >= 0.3 is 0 Å². The fourth-order valence-corrected chi connectivity index (χ4v) is 1.33. The normalized spacial score (nSPS) is 12.9. The van der Waals surface area contributed by atoms with Crippen LogP contribution in [0.4, 0.5) is 4.39 Å². The largest absolute Gasteiger partial charge is 0.490 e. The summed E-state index contributed by atoms with van der Waals surface area (Å²) in [7, 11) is 1.85. The Bertz CT molecular complexity index is 339. The molecule has 90 valence electrons. The summed E-state index contributed by atoms with van der Waals surface area (Å²) in [5.41, 5.74) is 0.928. The summed E-state index contributed by atoms with van der Waals surface area (Å²) in [5.74, 6) is 0.441. The highest BCUT2D eigenvalue weighted by atomic mass is 19.1. The monoisotopic (exact) mass is 225 g/mol. The van der Waals surface area contributed by atoms with Crippen LogP contribution in [0.2, 0.25) is 0 Å². The van der Waals surface area contributed by atoms with Crippen molar-refractivity contribution in [3.63, 3.8) is 0 Å². The minimum absolute atomic E-state index is 0.147. The smallest absolute Gasteiger partial charge is 0.165 e. The van der Waals surface area contributed by atoms with E-state index in [1.165, 1.54) is 6.07 Å². The van der Waals surface area contributed by atoms with Crippen LogP contribution in [0.15, 0.2) is 18.2 Å². The third kappa shape index (κ3) is 3.49. The summed E-state index contributed by atoms with van der Waals surface area (Å²) in [6, 6.07) is 5.26. The second-order valence-corrected chi connectivity index (χ2v) is 4.41. The molecule has 1 aromatic carbocycles. The molecule has 0 aliphatic carbocycles. The predicted octanol–water partition coefficient (Wildman–Crippen LogP) is 3.14. The Morgan fingerprint density at radius 3 is 2.50 bits per heavy atom. The molecule has 0 fully saturated rings. The first-order chi connectivity index (χ1) is 7.54. The maximum atomic E-state index is 13.6. The number of hydrogen-bond donors (Lipinski definition) is 1. The van der Waals surface area contributed by atoms with Crippen LogP contribution in [0.3, 0.4) is 0 Å². The van der Waals surface area contributed by atoms with Gasteiger partial charge in [0.05, 0.1) is 6.61 Å². The molecular weight excluding hydrogens is 205 g/mol. The van der Waals surface area contributed by atoms with Gasteiger partial charge in [-0.05, 0) is 37.6 Å². The molecule has 0 bridgehead atoms. The summed E-state index contributed by atoms with van der Waals surface area (Å²) < 4.78 is 19.0. The number of hydrogen-bond acceptors (Lipinski definition) is 2. The Labute approximate surface area is 96.8 Å². The molecule has 1 N–H and O–H groups in total. The second-order valence-electron chi connectivity index (χ2n) is 4.41. The van der Waals surface area contributed by atoms with Gasteiger partial charge in [0.1, 0.15) is 0 Å². The van der Waals surface area contributed by atoms with Gasteiger partial charge in [-0.2, -0.15) is 0 Å². The first-order valence-electron chi connectivity index (χ1n) is 5.64. The highest BCUT2D eigenvalue weighted by Gasteiger charge is 2.08. The summed E-state index contributed by atoms with van der Waals surface area (Å²) in [5, 5.41) is 3.07. The molecule has 1 unspecified atom stereocenters. The van der Waals surface area contributed by atoms with Gasteiger partial charge in [0, 0.05) is 6.04 Å². The minimum Gasteiger partial charge on any atom is -0.490 e.